The van der Waals surface area contributed by atoms with E-state index in [0.717, 1.165) is 0 Å². The number of carbonyl (C=O) groups excluding carboxylic acids is 1. The van der Waals surface area contributed by atoms with Crippen LogP contribution in [0.25, 0.3) is 0 Å². The number of hydrogen-bond donors (Lipinski definition) is 0. The summed E-state index contributed by atoms with van der Waals surface area (Å²) in [4.78, 5) is 11.2. The fourth-order valence-electron chi connectivity index (χ4n) is 1.12. The summed E-state index contributed by atoms with van der Waals surface area (Å²) in [5, 5.41) is 0. The number of ether oxygens (including phenoxy) is 1. The Kier molecular flexibility index (Phi) is 4.35. The van der Waals surface area contributed by atoms with E-state index in [1.807, 2.05) is 0 Å². The molecule has 1 rings (SSSR count). The van der Waals surface area contributed by atoms with Gasteiger partial charge in [0.25, 0.3) is 0 Å². The standard InChI is InChI=1S/C9H8BrClO4S/c1-15-9(12)6-2-3-8(10)7(4-6)5-16(11,13)14/h2-4H,5H2,1H3. The average Bonchev–Trinajstić information content (AvgIpc) is 2.18. The van der Waals surface area contributed by atoms with E-state index in [9.17, 15) is 13.2 Å². The first-order valence-corrected chi connectivity index (χ1v) is 7.39. The maximum absolute atomic E-state index is 11.2. The average molecular weight is 328 g/mol. The summed E-state index contributed by atoms with van der Waals surface area (Å²) in [5.74, 6) is -0.874. The van der Waals surface area contributed by atoms with Crippen molar-refractivity contribution in [2.45, 2.75) is 5.75 Å². The molecule has 0 unspecified atom stereocenters. The van der Waals surface area contributed by atoms with Crippen LogP contribution in [0.4, 0.5) is 0 Å². The Hall–Kier alpha value is -0.590. The van der Waals surface area contributed by atoms with Crippen LogP contribution >= 0.6 is 26.6 Å². The van der Waals surface area contributed by atoms with Crippen molar-refractivity contribution >= 4 is 41.6 Å². The zero-order valence-corrected chi connectivity index (χ0v) is 11.4. The number of hydrogen-bond acceptors (Lipinski definition) is 4. The van der Waals surface area contributed by atoms with Crippen LogP contribution in [0.1, 0.15) is 15.9 Å². The maximum atomic E-state index is 11.2. The Morgan fingerprint density at radius 1 is 1.50 bits per heavy atom. The van der Waals surface area contributed by atoms with Gasteiger partial charge in [0.05, 0.1) is 18.4 Å². The van der Waals surface area contributed by atoms with Gasteiger partial charge in [-0.3, -0.25) is 0 Å². The third-order valence-corrected chi connectivity index (χ3v) is 3.55. The summed E-state index contributed by atoms with van der Waals surface area (Å²) < 4.78 is 27.0. The van der Waals surface area contributed by atoms with Crippen LogP contribution in [-0.4, -0.2) is 21.5 Å². The van der Waals surface area contributed by atoms with Gasteiger partial charge in [0.2, 0.25) is 9.05 Å². The van der Waals surface area contributed by atoms with Crippen LogP contribution in [-0.2, 0) is 19.5 Å². The first-order chi connectivity index (χ1) is 7.33. The van der Waals surface area contributed by atoms with Crippen molar-refractivity contribution in [2.24, 2.45) is 0 Å². The van der Waals surface area contributed by atoms with E-state index in [-0.39, 0.29) is 11.3 Å². The van der Waals surface area contributed by atoms with E-state index in [2.05, 4.69) is 20.7 Å². The van der Waals surface area contributed by atoms with Crippen molar-refractivity contribution < 1.29 is 17.9 Å². The molecule has 0 spiro atoms. The molecule has 7 heteroatoms. The van der Waals surface area contributed by atoms with Crippen molar-refractivity contribution in [3.8, 4) is 0 Å². The molecule has 4 nitrogen and oxygen atoms in total. The highest BCUT2D eigenvalue weighted by Crippen LogP contribution is 2.22. The Labute approximate surface area is 106 Å². The van der Waals surface area contributed by atoms with Gasteiger partial charge >= 0.3 is 5.97 Å². The molecule has 16 heavy (non-hydrogen) atoms. The Bertz CT molecular complexity index is 512. The lowest BCUT2D eigenvalue weighted by Gasteiger charge is -2.05. The van der Waals surface area contributed by atoms with Gasteiger partial charge in [-0.15, -0.1) is 0 Å². The van der Waals surface area contributed by atoms with Gasteiger partial charge in [0.15, 0.2) is 0 Å². The lowest BCUT2D eigenvalue weighted by molar-refractivity contribution is 0.0600. The predicted molar refractivity (Wildman–Crippen MR) is 64.0 cm³/mol. The van der Waals surface area contributed by atoms with Gasteiger partial charge in [-0.05, 0) is 23.8 Å². The predicted octanol–water partition coefficient (Wildman–Crippen LogP) is 2.30. The van der Waals surface area contributed by atoms with Gasteiger partial charge < -0.3 is 4.74 Å². The number of rotatable bonds is 3. The molecular formula is C9H8BrClO4S. The Morgan fingerprint density at radius 3 is 2.62 bits per heavy atom. The molecule has 0 bridgehead atoms. The van der Waals surface area contributed by atoms with Gasteiger partial charge in [0.1, 0.15) is 0 Å². The summed E-state index contributed by atoms with van der Waals surface area (Å²) in [6.45, 7) is 0. The first-order valence-electron chi connectivity index (χ1n) is 4.12. The Morgan fingerprint density at radius 2 is 2.12 bits per heavy atom. The molecule has 0 aliphatic heterocycles. The molecule has 0 saturated carbocycles. The summed E-state index contributed by atoms with van der Waals surface area (Å²) >= 11 is 3.18. The van der Waals surface area contributed by atoms with Gasteiger partial charge in [0, 0.05) is 15.2 Å². The molecule has 0 fully saturated rings. The Balaban J connectivity index is 3.14. The zero-order chi connectivity index (χ0) is 12.3. The molecule has 0 N–H and O–H groups in total. The quantitative estimate of drug-likeness (QED) is 0.631. The number of carbonyl (C=O) groups is 1. The minimum Gasteiger partial charge on any atom is -0.465 e. The summed E-state index contributed by atoms with van der Waals surface area (Å²) in [6.07, 6.45) is 0. The summed E-state index contributed by atoms with van der Waals surface area (Å²) in [7, 11) is 2.73. The van der Waals surface area contributed by atoms with Crippen molar-refractivity contribution in [3.63, 3.8) is 0 Å². The van der Waals surface area contributed by atoms with Crippen LogP contribution in [0.3, 0.4) is 0 Å². The van der Waals surface area contributed by atoms with E-state index in [1.54, 1.807) is 6.07 Å². The monoisotopic (exact) mass is 326 g/mol. The second-order valence-electron chi connectivity index (χ2n) is 2.98. The molecule has 0 amide bonds. The fraction of sp³-hybridized carbons (Fsp3) is 0.222. The molecule has 0 aromatic heterocycles. The third-order valence-electron chi connectivity index (χ3n) is 1.79. The fourth-order valence-corrected chi connectivity index (χ4v) is 2.65. The van der Waals surface area contributed by atoms with E-state index in [0.29, 0.717) is 10.0 Å². The second-order valence-corrected chi connectivity index (χ2v) is 6.61. The molecule has 1 aromatic carbocycles. The van der Waals surface area contributed by atoms with Crippen LogP contribution in [0.5, 0.6) is 0 Å². The van der Waals surface area contributed by atoms with Crippen molar-refractivity contribution in [3.05, 3.63) is 33.8 Å². The van der Waals surface area contributed by atoms with Gasteiger partial charge in [-0.2, -0.15) is 0 Å². The SMILES string of the molecule is COC(=O)c1ccc(Br)c(CS(=O)(=O)Cl)c1. The van der Waals surface area contributed by atoms with E-state index in [4.69, 9.17) is 10.7 Å². The summed E-state index contributed by atoms with van der Waals surface area (Å²) in [5.41, 5.74) is 0.693. The van der Waals surface area contributed by atoms with Crippen LogP contribution in [0.2, 0.25) is 0 Å². The van der Waals surface area contributed by atoms with Crippen molar-refractivity contribution in [1.82, 2.24) is 0 Å². The third kappa shape index (κ3) is 3.77. The van der Waals surface area contributed by atoms with E-state index in [1.165, 1.54) is 19.2 Å². The zero-order valence-electron chi connectivity index (χ0n) is 8.24. The van der Waals surface area contributed by atoms with Crippen molar-refractivity contribution in [2.75, 3.05) is 7.11 Å². The van der Waals surface area contributed by atoms with Gasteiger partial charge in [-0.25, -0.2) is 13.2 Å². The number of esters is 1. The smallest absolute Gasteiger partial charge is 0.337 e. The lowest BCUT2D eigenvalue weighted by Crippen LogP contribution is -2.03. The second kappa shape index (κ2) is 5.16. The topological polar surface area (TPSA) is 60.4 Å². The minimum absolute atomic E-state index is 0.279. The number of halogens is 2. The molecule has 0 aliphatic carbocycles. The highest BCUT2D eigenvalue weighted by atomic mass is 79.9. The summed E-state index contributed by atoms with van der Waals surface area (Å²) in [6, 6.07) is 4.53. The van der Waals surface area contributed by atoms with Crippen LogP contribution in [0, 0.1) is 0 Å². The highest BCUT2D eigenvalue weighted by molar-refractivity contribution is 9.10. The molecule has 0 saturated heterocycles. The molecule has 0 atom stereocenters. The lowest BCUT2D eigenvalue weighted by atomic mass is 10.1. The highest BCUT2D eigenvalue weighted by Gasteiger charge is 2.13. The van der Waals surface area contributed by atoms with Crippen LogP contribution in [0.15, 0.2) is 22.7 Å². The molecule has 0 heterocycles. The minimum atomic E-state index is -3.66. The van der Waals surface area contributed by atoms with Gasteiger partial charge in [-0.1, -0.05) is 15.9 Å². The normalized spacial score (nSPS) is 11.2. The number of benzene rings is 1. The van der Waals surface area contributed by atoms with E-state index < -0.39 is 15.0 Å². The first kappa shape index (κ1) is 13.5. The van der Waals surface area contributed by atoms with E-state index >= 15 is 0 Å². The molecule has 0 aliphatic rings. The molecule has 0 radical (unpaired) electrons. The van der Waals surface area contributed by atoms with Crippen molar-refractivity contribution in [1.29, 1.82) is 0 Å². The number of methoxy groups -OCH3 is 1. The molecule has 1 aromatic rings. The molecular weight excluding hydrogens is 320 g/mol. The van der Waals surface area contributed by atoms with Crippen LogP contribution < -0.4 is 0 Å². The molecule has 88 valence electrons. The maximum Gasteiger partial charge on any atom is 0.337 e. The largest absolute Gasteiger partial charge is 0.465 e.